The zero-order chi connectivity index (χ0) is 10.2. The molecule has 2 saturated heterocycles. The van der Waals surface area contributed by atoms with Gasteiger partial charge in [0, 0.05) is 18.6 Å². The van der Waals surface area contributed by atoms with Crippen LogP contribution in [0.3, 0.4) is 0 Å². The summed E-state index contributed by atoms with van der Waals surface area (Å²) in [5.41, 5.74) is 0.472. The van der Waals surface area contributed by atoms with Crippen molar-refractivity contribution in [1.29, 1.82) is 0 Å². The van der Waals surface area contributed by atoms with Gasteiger partial charge in [-0.3, -0.25) is 4.90 Å². The van der Waals surface area contributed by atoms with Gasteiger partial charge in [0.2, 0.25) is 0 Å². The Hall–Kier alpha value is -0.0800. The van der Waals surface area contributed by atoms with Crippen molar-refractivity contribution in [3.05, 3.63) is 0 Å². The van der Waals surface area contributed by atoms with Crippen molar-refractivity contribution >= 4 is 0 Å². The molecule has 0 aliphatic carbocycles. The Morgan fingerprint density at radius 2 is 2.21 bits per heavy atom. The van der Waals surface area contributed by atoms with Crippen molar-refractivity contribution in [3.63, 3.8) is 0 Å². The van der Waals surface area contributed by atoms with Crippen molar-refractivity contribution in [2.24, 2.45) is 5.41 Å². The van der Waals surface area contributed by atoms with E-state index < -0.39 is 0 Å². The standard InChI is InChI=1S/C12H24N2/c1-4-7-14-8-5-6-10-11(14)12(2,3)9-13-10/h10-11,13H,4-9H2,1-3H3. The van der Waals surface area contributed by atoms with E-state index in [2.05, 4.69) is 31.0 Å². The third kappa shape index (κ3) is 1.70. The molecule has 14 heavy (non-hydrogen) atoms. The second-order valence-electron chi connectivity index (χ2n) is 5.60. The Morgan fingerprint density at radius 1 is 1.43 bits per heavy atom. The molecule has 2 heteroatoms. The molecular weight excluding hydrogens is 172 g/mol. The van der Waals surface area contributed by atoms with Crippen LogP contribution >= 0.6 is 0 Å². The number of nitrogens with zero attached hydrogens (tertiary/aromatic N) is 1. The molecule has 0 saturated carbocycles. The van der Waals surface area contributed by atoms with E-state index in [4.69, 9.17) is 0 Å². The first-order valence-corrected chi connectivity index (χ1v) is 6.12. The number of rotatable bonds is 2. The number of hydrogen-bond donors (Lipinski definition) is 1. The molecule has 0 aromatic carbocycles. The molecule has 0 amide bonds. The van der Waals surface area contributed by atoms with Crippen LogP contribution in [0.2, 0.25) is 0 Å². The minimum absolute atomic E-state index is 0.472. The first kappa shape index (κ1) is 10.4. The van der Waals surface area contributed by atoms with Crippen LogP contribution in [-0.2, 0) is 0 Å². The maximum absolute atomic E-state index is 3.70. The molecule has 2 unspecified atom stereocenters. The third-order valence-corrected chi connectivity index (χ3v) is 3.87. The highest BCUT2D eigenvalue weighted by Gasteiger charge is 2.46. The van der Waals surface area contributed by atoms with Crippen molar-refractivity contribution in [2.45, 2.75) is 52.1 Å². The fraction of sp³-hybridized carbons (Fsp3) is 1.00. The highest BCUT2D eigenvalue weighted by Crippen LogP contribution is 2.36. The first-order chi connectivity index (χ1) is 6.65. The van der Waals surface area contributed by atoms with E-state index in [1.165, 1.54) is 38.9 Å². The molecule has 2 heterocycles. The number of likely N-dealkylation sites (tertiary alicyclic amines) is 1. The molecule has 0 aromatic rings. The highest BCUT2D eigenvalue weighted by atomic mass is 15.2. The van der Waals surface area contributed by atoms with Gasteiger partial charge in [0.1, 0.15) is 0 Å². The topological polar surface area (TPSA) is 15.3 Å². The van der Waals surface area contributed by atoms with Gasteiger partial charge in [0.05, 0.1) is 0 Å². The van der Waals surface area contributed by atoms with Crippen molar-refractivity contribution in [1.82, 2.24) is 10.2 Å². The molecule has 1 N–H and O–H groups in total. The predicted molar refractivity (Wildman–Crippen MR) is 60.5 cm³/mol. The predicted octanol–water partition coefficient (Wildman–Crippen LogP) is 1.86. The second kappa shape index (κ2) is 3.82. The molecule has 2 rings (SSSR count). The van der Waals surface area contributed by atoms with Crippen LogP contribution in [0.5, 0.6) is 0 Å². The Kier molecular flexibility index (Phi) is 2.85. The summed E-state index contributed by atoms with van der Waals surface area (Å²) >= 11 is 0. The SMILES string of the molecule is CCCN1CCCC2NCC(C)(C)C21. The van der Waals surface area contributed by atoms with Gasteiger partial charge in [0.25, 0.3) is 0 Å². The second-order valence-corrected chi connectivity index (χ2v) is 5.60. The summed E-state index contributed by atoms with van der Waals surface area (Å²) in [7, 11) is 0. The summed E-state index contributed by atoms with van der Waals surface area (Å²) in [6.45, 7) is 10.9. The monoisotopic (exact) mass is 196 g/mol. The van der Waals surface area contributed by atoms with Crippen LogP contribution in [0, 0.1) is 5.41 Å². The van der Waals surface area contributed by atoms with Gasteiger partial charge >= 0.3 is 0 Å². The van der Waals surface area contributed by atoms with Gasteiger partial charge in [-0.05, 0) is 37.8 Å². The quantitative estimate of drug-likeness (QED) is 0.725. The molecule has 0 aromatic heterocycles. The molecular formula is C12H24N2. The molecule has 2 atom stereocenters. The average molecular weight is 196 g/mol. The smallest absolute Gasteiger partial charge is 0.0312 e. The van der Waals surface area contributed by atoms with Crippen LogP contribution in [0.4, 0.5) is 0 Å². The minimum Gasteiger partial charge on any atom is -0.312 e. The molecule has 82 valence electrons. The molecule has 2 aliphatic rings. The molecule has 0 spiro atoms. The van der Waals surface area contributed by atoms with Gasteiger partial charge in [-0.2, -0.15) is 0 Å². The molecule has 2 aliphatic heterocycles. The van der Waals surface area contributed by atoms with Crippen molar-refractivity contribution in [2.75, 3.05) is 19.6 Å². The maximum Gasteiger partial charge on any atom is 0.0312 e. The molecule has 0 radical (unpaired) electrons. The van der Waals surface area contributed by atoms with Crippen LogP contribution in [0.25, 0.3) is 0 Å². The zero-order valence-electron chi connectivity index (χ0n) is 9.84. The van der Waals surface area contributed by atoms with Gasteiger partial charge in [-0.15, -0.1) is 0 Å². The lowest BCUT2D eigenvalue weighted by Gasteiger charge is -2.43. The molecule has 2 nitrogen and oxygen atoms in total. The number of fused-ring (bicyclic) bond motifs is 1. The summed E-state index contributed by atoms with van der Waals surface area (Å²) < 4.78 is 0. The minimum atomic E-state index is 0.472. The first-order valence-electron chi connectivity index (χ1n) is 6.12. The summed E-state index contributed by atoms with van der Waals surface area (Å²) in [4.78, 5) is 2.72. The van der Waals surface area contributed by atoms with E-state index >= 15 is 0 Å². The summed E-state index contributed by atoms with van der Waals surface area (Å²) in [5.74, 6) is 0. The van der Waals surface area contributed by atoms with E-state index in [1.54, 1.807) is 0 Å². The van der Waals surface area contributed by atoms with Crippen LogP contribution < -0.4 is 5.32 Å². The molecule has 0 bridgehead atoms. The van der Waals surface area contributed by atoms with E-state index in [-0.39, 0.29) is 0 Å². The van der Waals surface area contributed by atoms with E-state index in [9.17, 15) is 0 Å². The van der Waals surface area contributed by atoms with Crippen LogP contribution in [0.15, 0.2) is 0 Å². The Balaban J connectivity index is 2.11. The lowest BCUT2D eigenvalue weighted by atomic mass is 9.80. The third-order valence-electron chi connectivity index (χ3n) is 3.87. The normalized spacial score (nSPS) is 37.1. The van der Waals surface area contributed by atoms with Gasteiger partial charge in [-0.1, -0.05) is 20.8 Å². The maximum atomic E-state index is 3.70. The summed E-state index contributed by atoms with van der Waals surface area (Å²) in [6, 6.07) is 1.56. The highest BCUT2D eigenvalue weighted by molar-refractivity contribution is 5.04. The zero-order valence-corrected chi connectivity index (χ0v) is 9.84. The van der Waals surface area contributed by atoms with Crippen molar-refractivity contribution < 1.29 is 0 Å². The number of hydrogen-bond acceptors (Lipinski definition) is 2. The number of piperidine rings is 1. The fourth-order valence-corrected chi connectivity index (χ4v) is 3.36. The van der Waals surface area contributed by atoms with Crippen molar-refractivity contribution in [3.8, 4) is 0 Å². The summed E-state index contributed by atoms with van der Waals surface area (Å²) in [6.07, 6.45) is 4.05. The van der Waals surface area contributed by atoms with Gasteiger partial charge in [0.15, 0.2) is 0 Å². The van der Waals surface area contributed by atoms with Gasteiger partial charge < -0.3 is 5.32 Å². The van der Waals surface area contributed by atoms with E-state index in [1.807, 2.05) is 0 Å². The average Bonchev–Trinajstić information content (AvgIpc) is 2.44. The number of nitrogens with one attached hydrogen (secondary N) is 1. The Labute approximate surface area is 88.1 Å². The molecule has 2 fully saturated rings. The lowest BCUT2D eigenvalue weighted by molar-refractivity contribution is 0.0765. The Bertz CT molecular complexity index is 198. The Morgan fingerprint density at radius 3 is 2.93 bits per heavy atom. The van der Waals surface area contributed by atoms with E-state index in [0.29, 0.717) is 5.41 Å². The summed E-state index contributed by atoms with van der Waals surface area (Å²) in [5, 5.41) is 3.70. The fourth-order valence-electron chi connectivity index (χ4n) is 3.36. The van der Waals surface area contributed by atoms with Crippen LogP contribution in [0.1, 0.15) is 40.0 Å². The lowest BCUT2D eigenvalue weighted by Crippen LogP contribution is -2.53. The van der Waals surface area contributed by atoms with Crippen LogP contribution in [-0.4, -0.2) is 36.6 Å². The largest absolute Gasteiger partial charge is 0.312 e. The van der Waals surface area contributed by atoms with Gasteiger partial charge in [-0.25, -0.2) is 0 Å². The van der Waals surface area contributed by atoms with E-state index in [0.717, 1.165) is 12.1 Å².